The number of aliphatic hydroxyl groups is 2. The maximum atomic E-state index is 8.74. The van der Waals surface area contributed by atoms with Crippen LogP contribution < -0.4 is 0 Å². The predicted octanol–water partition coefficient (Wildman–Crippen LogP) is 0.0972. The molecular weight excluding hydrogens is 92.1 g/mol. The van der Waals surface area contributed by atoms with Crippen molar-refractivity contribution < 1.29 is 10.2 Å². The Kier molecular flexibility index (Phi) is 0.869. The summed E-state index contributed by atoms with van der Waals surface area (Å²) in [6, 6.07) is 0. The highest BCUT2D eigenvalue weighted by atomic mass is 16.5. The highest BCUT2D eigenvalue weighted by molar-refractivity contribution is 4.82. The molecule has 0 aromatic heterocycles. The van der Waals surface area contributed by atoms with E-state index in [-0.39, 0.29) is 5.92 Å². The Bertz CT molecular complexity index is 78.1. The Morgan fingerprint density at radius 1 is 1.57 bits per heavy atom. The van der Waals surface area contributed by atoms with Gasteiger partial charge in [-0.3, -0.25) is 0 Å². The molecule has 0 saturated heterocycles. The first-order chi connectivity index (χ1) is 3.13. The van der Waals surface area contributed by atoms with Crippen LogP contribution in [0.25, 0.3) is 0 Å². The molecule has 2 nitrogen and oxygen atoms in total. The van der Waals surface area contributed by atoms with Gasteiger partial charge in [0.15, 0.2) is 5.79 Å². The first-order valence-electron chi connectivity index (χ1n) is 2.58. The number of hydrogen-bond donors (Lipinski definition) is 2. The summed E-state index contributed by atoms with van der Waals surface area (Å²) >= 11 is 0. The van der Waals surface area contributed by atoms with E-state index in [9.17, 15) is 0 Å². The van der Waals surface area contributed by atoms with Gasteiger partial charge in [-0.25, -0.2) is 0 Å². The molecule has 0 amide bonds. The summed E-state index contributed by atoms with van der Waals surface area (Å²) in [5, 5.41) is 17.5. The molecule has 1 rings (SSSR count). The van der Waals surface area contributed by atoms with Gasteiger partial charge in [0.05, 0.1) is 0 Å². The fraction of sp³-hybridized carbons (Fsp3) is 1.00. The fourth-order valence-electron chi connectivity index (χ4n) is 0.691. The first-order valence-corrected chi connectivity index (χ1v) is 2.58. The molecule has 1 unspecified atom stereocenters. The van der Waals surface area contributed by atoms with E-state index in [1.165, 1.54) is 0 Å². The van der Waals surface area contributed by atoms with E-state index in [1.807, 2.05) is 6.92 Å². The second-order valence-corrected chi connectivity index (χ2v) is 2.32. The van der Waals surface area contributed by atoms with Crippen molar-refractivity contribution in [3.63, 3.8) is 0 Å². The molecule has 0 aromatic carbocycles. The summed E-state index contributed by atoms with van der Waals surface area (Å²) in [4.78, 5) is 0. The summed E-state index contributed by atoms with van der Waals surface area (Å²) < 4.78 is 0. The minimum Gasteiger partial charge on any atom is -0.365 e. The predicted molar refractivity (Wildman–Crippen MR) is 25.6 cm³/mol. The summed E-state index contributed by atoms with van der Waals surface area (Å²) in [5.74, 6) is -1.23. The van der Waals surface area contributed by atoms with Gasteiger partial charge in [-0.05, 0) is 6.42 Å². The SMILES string of the molecule is CC1CCC1(O)O. The van der Waals surface area contributed by atoms with Crippen LogP contribution in [0.4, 0.5) is 0 Å². The molecule has 2 heteroatoms. The minimum absolute atomic E-state index is 0.0903. The van der Waals surface area contributed by atoms with E-state index in [4.69, 9.17) is 10.2 Å². The van der Waals surface area contributed by atoms with Crippen LogP contribution in [0.2, 0.25) is 0 Å². The Hall–Kier alpha value is -0.0800. The smallest absolute Gasteiger partial charge is 0.165 e. The van der Waals surface area contributed by atoms with Crippen LogP contribution in [0.15, 0.2) is 0 Å². The maximum absolute atomic E-state index is 8.74. The van der Waals surface area contributed by atoms with Crippen LogP contribution in [-0.4, -0.2) is 16.0 Å². The van der Waals surface area contributed by atoms with E-state index in [0.717, 1.165) is 6.42 Å². The molecule has 2 N–H and O–H groups in total. The van der Waals surface area contributed by atoms with Crippen molar-refractivity contribution in [1.82, 2.24) is 0 Å². The first kappa shape index (κ1) is 5.06. The van der Waals surface area contributed by atoms with Crippen LogP contribution >= 0.6 is 0 Å². The highest BCUT2D eigenvalue weighted by Crippen LogP contribution is 2.34. The lowest BCUT2D eigenvalue weighted by atomic mass is 9.80. The average molecular weight is 102 g/mol. The van der Waals surface area contributed by atoms with Crippen molar-refractivity contribution in [2.24, 2.45) is 5.92 Å². The van der Waals surface area contributed by atoms with E-state index < -0.39 is 5.79 Å². The molecule has 1 aliphatic rings. The number of hydrogen-bond acceptors (Lipinski definition) is 2. The van der Waals surface area contributed by atoms with E-state index in [0.29, 0.717) is 6.42 Å². The standard InChI is InChI=1S/C5H10O2/c1-4-2-3-5(4,6)7/h4,6-7H,2-3H2,1H3. The molecule has 0 heterocycles. The fourth-order valence-corrected chi connectivity index (χ4v) is 0.691. The van der Waals surface area contributed by atoms with Gasteiger partial charge in [0.2, 0.25) is 0 Å². The van der Waals surface area contributed by atoms with Gasteiger partial charge < -0.3 is 10.2 Å². The van der Waals surface area contributed by atoms with Crippen molar-refractivity contribution in [3.05, 3.63) is 0 Å². The highest BCUT2D eigenvalue weighted by Gasteiger charge is 2.39. The van der Waals surface area contributed by atoms with E-state index >= 15 is 0 Å². The zero-order valence-electron chi connectivity index (χ0n) is 4.39. The second-order valence-electron chi connectivity index (χ2n) is 2.32. The van der Waals surface area contributed by atoms with Gasteiger partial charge >= 0.3 is 0 Å². The molecule has 0 aliphatic heterocycles. The summed E-state index contributed by atoms with van der Waals surface area (Å²) in [7, 11) is 0. The molecule has 1 aliphatic carbocycles. The van der Waals surface area contributed by atoms with Crippen LogP contribution in [0.5, 0.6) is 0 Å². The van der Waals surface area contributed by atoms with Crippen molar-refractivity contribution in [1.29, 1.82) is 0 Å². The third-order valence-corrected chi connectivity index (χ3v) is 1.73. The zero-order chi connectivity index (χ0) is 5.49. The lowest BCUT2D eigenvalue weighted by molar-refractivity contribution is -0.248. The summed E-state index contributed by atoms with van der Waals surface area (Å²) in [6.07, 6.45) is 1.50. The van der Waals surface area contributed by atoms with Crippen molar-refractivity contribution in [3.8, 4) is 0 Å². The average Bonchev–Trinajstić information content (AvgIpc) is 1.63. The maximum Gasteiger partial charge on any atom is 0.165 e. The van der Waals surface area contributed by atoms with Crippen LogP contribution in [-0.2, 0) is 0 Å². The van der Waals surface area contributed by atoms with Crippen molar-refractivity contribution >= 4 is 0 Å². The lowest BCUT2D eigenvalue weighted by Crippen LogP contribution is -2.44. The molecule has 1 saturated carbocycles. The number of rotatable bonds is 0. The molecular formula is C5H10O2. The Morgan fingerprint density at radius 3 is 2.00 bits per heavy atom. The Morgan fingerprint density at radius 2 is 2.00 bits per heavy atom. The zero-order valence-corrected chi connectivity index (χ0v) is 4.39. The normalized spacial score (nSPS) is 37.3. The van der Waals surface area contributed by atoms with Gasteiger partial charge in [0.1, 0.15) is 0 Å². The molecule has 7 heavy (non-hydrogen) atoms. The summed E-state index contributed by atoms with van der Waals surface area (Å²) in [5.41, 5.74) is 0. The topological polar surface area (TPSA) is 40.5 Å². The third-order valence-electron chi connectivity index (χ3n) is 1.73. The Balaban J connectivity index is 2.43. The molecule has 0 aromatic rings. The van der Waals surface area contributed by atoms with E-state index in [1.54, 1.807) is 0 Å². The van der Waals surface area contributed by atoms with Gasteiger partial charge in [-0.1, -0.05) is 6.92 Å². The minimum atomic E-state index is -1.32. The Labute approximate surface area is 42.8 Å². The van der Waals surface area contributed by atoms with Gasteiger partial charge in [0, 0.05) is 12.3 Å². The van der Waals surface area contributed by atoms with E-state index in [2.05, 4.69) is 0 Å². The van der Waals surface area contributed by atoms with Crippen LogP contribution in [0.3, 0.4) is 0 Å². The molecule has 0 radical (unpaired) electrons. The second kappa shape index (κ2) is 1.20. The monoisotopic (exact) mass is 102 g/mol. The van der Waals surface area contributed by atoms with Crippen molar-refractivity contribution in [2.45, 2.75) is 25.6 Å². The van der Waals surface area contributed by atoms with Crippen LogP contribution in [0, 0.1) is 5.92 Å². The quantitative estimate of drug-likeness (QED) is 0.426. The third kappa shape index (κ3) is 0.640. The van der Waals surface area contributed by atoms with Crippen molar-refractivity contribution in [2.75, 3.05) is 0 Å². The molecule has 1 fully saturated rings. The van der Waals surface area contributed by atoms with Gasteiger partial charge in [-0.15, -0.1) is 0 Å². The molecule has 42 valence electrons. The van der Waals surface area contributed by atoms with Gasteiger partial charge in [-0.2, -0.15) is 0 Å². The lowest BCUT2D eigenvalue weighted by Gasteiger charge is -2.38. The molecule has 1 atom stereocenters. The molecule has 0 spiro atoms. The summed E-state index contributed by atoms with van der Waals surface area (Å²) in [6.45, 7) is 1.84. The largest absolute Gasteiger partial charge is 0.365 e. The van der Waals surface area contributed by atoms with Crippen LogP contribution in [0.1, 0.15) is 19.8 Å². The van der Waals surface area contributed by atoms with Gasteiger partial charge in [0.25, 0.3) is 0 Å². The molecule has 0 bridgehead atoms.